The van der Waals surface area contributed by atoms with Crippen molar-refractivity contribution in [1.29, 1.82) is 0 Å². The average Bonchev–Trinajstić information content (AvgIpc) is 2.44. The van der Waals surface area contributed by atoms with Gasteiger partial charge in [0.05, 0.1) is 8.07 Å². The maximum absolute atomic E-state index is 11.1. The zero-order valence-electron chi connectivity index (χ0n) is 20.9. The van der Waals surface area contributed by atoms with E-state index in [1.54, 1.807) is 19.6 Å². The Labute approximate surface area is 199 Å². The highest BCUT2D eigenvalue weighted by molar-refractivity contribution is 7.01. The first-order chi connectivity index (χ1) is 14.1. The highest BCUT2D eigenvalue weighted by atomic mass is 28.6. The third-order valence-corrected chi connectivity index (χ3v) is 37.5. The van der Waals surface area contributed by atoms with E-state index in [4.69, 9.17) is 41.8 Å². The van der Waals surface area contributed by atoms with Crippen LogP contribution in [0.25, 0.3) is 0 Å². The average molecular weight is 595 g/mol. The largest absolute Gasteiger partial charge is 0.481 e. The van der Waals surface area contributed by atoms with E-state index in [0.29, 0.717) is 11.9 Å². The van der Waals surface area contributed by atoms with Gasteiger partial charge in [0, 0.05) is 51.7 Å². The van der Waals surface area contributed by atoms with E-state index >= 15 is 0 Å². The van der Waals surface area contributed by atoms with Gasteiger partial charge in [-0.3, -0.25) is 0 Å². The minimum Gasteiger partial charge on any atom is -0.395 e. The Morgan fingerprint density at radius 2 is 1.12 bits per heavy atom. The quantitative estimate of drug-likeness (QED) is 0.484. The fourth-order valence-corrected chi connectivity index (χ4v) is 46.1. The van der Waals surface area contributed by atoms with Crippen LogP contribution in [0.4, 0.5) is 0 Å². The van der Waals surface area contributed by atoms with Gasteiger partial charge in [0.15, 0.2) is 0 Å². The summed E-state index contributed by atoms with van der Waals surface area (Å²) in [6.45, 7) is 19.1. The van der Waals surface area contributed by atoms with Crippen LogP contribution in [0.2, 0.25) is 71.1 Å². The minimum atomic E-state index is -3.78. The van der Waals surface area contributed by atoms with Crippen LogP contribution >= 0.6 is 0 Å². The summed E-state index contributed by atoms with van der Waals surface area (Å²) in [6.07, 6.45) is 0.542. The number of fused-ring (bicyclic) bond motifs is 3. The van der Waals surface area contributed by atoms with Crippen molar-refractivity contribution in [2.24, 2.45) is 0 Å². The smallest absolute Gasteiger partial charge is 0.395 e. The van der Waals surface area contributed by atoms with Crippen LogP contribution in [0.1, 0.15) is 0 Å². The molecular weight excluding hydrogens is 557 g/mol. The summed E-state index contributed by atoms with van der Waals surface area (Å²) in [5.74, 6) is 0. The lowest BCUT2D eigenvalue weighted by Crippen LogP contribution is -2.78. The molecule has 5 unspecified atom stereocenters. The van der Waals surface area contributed by atoms with Crippen LogP contribution in [0.15, 0.2) is 0 Å². The minimum absolute atomic E-state index is 0.444. The molecule has 3 fully saturated rings. The summed E-state index contributed by atoms with van der Waals surface area (Å²) >= 11 is 0. The van der Waals surface area contributed by atoms with E-state index in [2.05, 4.69) is 19.6 Å². The summed E-state index contributed by atoms with van der Waals surface area (Å²) in [6, 6.07) is 0. The first-order valence-electron chi connectivity index (χ1n) is 10.7. The second-order valence-corrected chi connectivity index (χ2v) is 37.9. The molecule has 1 N–H and O–H groups in total. The van der Waals surface area contributed by atoms with Crippen molar-refractivity contribution in [2.75, 3.05) is 13.3 Å². The molecule has 3 saturated heterocycles. The highest BCUT2D eigenvalue weighted by Gasteiger charge is 2.70. The molecule has 19 heteroatoms. The van der Waals surface area contributed by atoms with Gasteiger partial charge < -0.3 is 46.6 Å². The molecule has 0 aromatic carbocycles. The van der Waals surface area contributed by atoms with Crippen molar-refractivity contribution in [3.05, 3.63) is 0 Å². The van der Waals surface area contributed by atoms with Crippen LogP contribution in [0.3, 0.4) is 0 Å². The van der Waals surface area contributed by atoms with E-state index in [-0.39, 0.29) is 0 Å². The highest BCUT2D eigenvalue weighted by Crippen LogP contribution is 2.43. The maximum atomic E-state index is 11.1. The predicted molar refractivity (Wildman–Crippen MR) is 133 cm³/mol. The Kier molecular flexibility index (Phi) is 7.33. The Morgan fingerprint density at radius 1 is 0.688 bits per heavy atom. The van der Waals surface area contributed by atoms with Gasteiger partial charge in [0.1, 0.15) is 0 Å². The molecule has 3 aliphatic rings. The molecule has 0 radical (unpaired) electrons. The molecule has 0 aromatic rings. The van der Waals surface area contributed by atoms with Crippen molar-refractivity contribution < 1.29 is 46.6 Å². The van der Waals surface area contributed by atoms with Gasteiger partial charge in [-0.15, -0.1) is 0 Å². The number of rotatable bonds is 4. The van der Waals surface area contributed by atoms with E-state index in [1.807, 2.05) is 19.6 Å². The fourth-order valence-electron chi connectivity index (χ4n) is 4.38. The topological polar surface area (TPSA) is 113 Å². The maximum Gasteiger partial charge on any atom is 0.481 e. The van der Waals surface area contributed by atoms with E-state index in [1.165, 1.54) is 13.7 Å². The van der Waals surface area contributed by atoms with Crippen LogP contribution < -0.4 is 0 Å². The third-order valence-electron chi connectivity index (χ3n) is 4.88. The molecule has 188 valence electrons. The summed E-state index contributed by atoms with van der Waals surface area (Å²) in [5, 5.41) is 0. The summed E-state index contributed by atoms with van der Waals surface area (Å²) < 4.78 is 63.8. The molecule has 0 aromatic heterocycles. The predicted octanol–water partition coefficient (Wildman–Crippen LogP) is 2.22. The lowest BCUT2D eigenvalue weighted by atomic mass is 11.7. The molecule has 4 bridgehead atoms. The lowest BCUT2D eigenvalue weighted by Gasteiger charge is -2.55. The lowest BCUT2D eigenvalue weighted by molar-refractivity contribution is 0.0565. The first-order valence-corrected chi connectivity index (χ1v) is 30.6. The summed E-state index contributed by atoms with van der Waals surface area (Å²) in [4.78, 5) is 11.1. The van der Waals surface area contributed by atoms with Crippen molar-refractivity contribution in [3.63, 3.8) is 0 Å². The van der Waals surface area contributed by atoms with Gasteiger partial charge >= 0.3 is 61.1 Å². The van der Waals surface area contributed by atoms with Crippen LogP contribution in [-0.4, -0.2) is 87.4 Å². The summed E-state index contributed by atoms with van der Waals surface area (Å²) in [7, 11) is -23.5. The van der Waals surface area contributed by atoms with Gasteiger partial charge in [-0.05, 0) is 13.1 Å². The Morgan fingerprint density at radius 3 is 1.59 bits per heavy atom. The second-order valence-electron chi connectivity index (χ2n) is 10.7. The number of hydrogen-bond acceptors (Lipinski definition) is 11. The van der Waals surface area contributed by atoms with Crippen LogP contribution in [0, 0.1) is 0 Å². The Bertz CT molecular complexity index is 745. The molecule has 11 nitrogen and oxygen atoms in total. The zero-order valence-corrected chi connectivity index (χ0v) is 28.9. The van der Waals surface area contributed by atoms with Gasteiger partial charge in [0.25, 0.3) is 0 Å². The molecule has 3 aliphatic heterocycles. The molecular formula is C13H38O11Si8. The fraction of sp³-hybridized carbons (Fsp3) is 1.00. The summed E-state index contributed by atoms with van der Waals surface area (Å²) in [5.41, 5.74) is 0.444. The van der Waals surface area contributed by atoms with Gasteiger partial charge in [-0.1, -0.05) is 19.6 Å². The monoisotopic (exact) mass is 594 g/mol. The molecule has 32 heavy (non-hydrogen) atoms. The van der Waals surface area contributed by atoms with Crippen LogP contribution in [-0.2, 0) is 41.8 Å². The molecule has 7 atom stereocenters. The second kappa shape index (κ2) is 8.42. The number of hydrogen-bond donors (Lipinski definition) is 1. The molecule has 3 heterocycles. The van der Waals surface area contributed by atoms with Crippen molar-refractivity contribution in [3.8, 4) is 0 Å². The van der Waals surface area contributed by atoms with Gasteiger partial charge in [-0.25, -0.2) is 0 Å². The van der Waals surface area contributed by atoms with E-state index in [9.17, 15) is 4.80 Å². The molecule has 0 amide bonds. The molecule has 0 spiro atoms. The molecule has 3 rings (SSSR count). The Hall–Kier alpha value is 1.30. The van der Waals surface area contributed by atoms with Gasteiger partial charge in [0.2, 0.25) is 0 Å². The van der Waals surface area contributed by atoms with Crippen molar-refractivity contribution >= 4 is 69.2 Å². The molecule has 0 saturated carbocycles. The van der Waals surface area contributed by atoms with Gasteiger partial charge in [-0.2, -0.15) is 0 Å². The van der Waals surface area contributed by atoms with Crippen molar-refractivity contribution in [2.45, 2.75) is 71.1 Å². The third kappa shape index (κ3) is 6.74. The van der Waals surface area contributed by atoms with E-state index in [0.717, 1.165) is 0 Å². The van der Waals surface area contributed by atoms with E-state index < -0.39 is 69.2 Å². The van der Waals surface area contributed by atoms with Crippen molar-refractivity contribution in [1.82, 2.24) is 0 Å². The normalized spacial score (nSPS) is 52.5. The first kappa shape index (κ1) is 27.9. The van der Waals surface area contributed by atoms with Crippen LogP contribution in [0.5, 0.6) is 0 Å². The Balaban J connectivity index is 2.14. The standard InChI is InChI=1S/C13H38O11Si8/c1-15-29(8)17-26(5)13-27(6)19-31(10,23-29)21-28(7,14)22-32(11,20-27)24-30(9,18-26)16-12-25(2,3)4/h14H,12-13H2,1-11H3/t26?,27-,28?,29-,30?,31?,32?/m0/s1. The zero-order chi connectivity index (χ0) is 24.5. The SMILES string of the molecule is CO[Si@@]1(C)O[Si]2(C)C[Si@]3(C)O[Si](C)(O[Si](C)(O)O[Si](C)(O3)O1)O[Si](C)(OC[Si](C)(C)C)O2. The molecule has 0 aliphatic carbocycles.